The summed E-state index contributed by atoms with van der Waals surface area (Å²) in [7, 11) is 0. The lowest BCUT2D eigenvalue weighted by atomic mass is 9.90. The van der Waals surface area contributed by atoms with Gasteiger partial charge in [-0.2, -0.15) is 0 Å². The highest BCUT2D eigenvalue weighted by atomic mass is 15.2. The second-order valence-corrected chi connectivity index (χ2v) is 13.2. The van der Waals surface area contributed by atoms with E-state index >= 15 is 0 Å². The van der Waals surface area contributed by atoms with Crippen LogP contribution < -0.4 is 4.90 Å². The average Bonchev–Trinajstić information content (AvgIpc) is 3.48. The van der Waals surface area contributed by atoms with Crippen LogP contribution in [-0.4, -0.2) is 0 Å². The summed E-state index contributed by atoms with van der Waals surface area (Å²) in [6.45, 7) is 2.31. The Hall–Kier alpha value is -5.92. The topological polar surface area (TPSA) is 3.24 Å². The molecule has 8 aromatic carbocycles. The monoisotopic (exact) mass is 611 g/mol. The fourth-order valence-corrected chi connectivity index (χ4v) is 8.49. The molecule has 0 saturated carbocycles. The van der Waals surface area contributed by atoms with Crippen molar-refractivity contribution >= 4 is 54.5 Å². The molecular weight excluding hydrogens is 579 g/mol. The zero-order chi connectivity index (χ0) is 31.8. The van der Waals surface area contributed by atoms with Crippen molar-refractivity contribution in [3.05, 3.63) is 169 Å². The van der Waals surface area contributed by atoms with Gasteiger partial charge in [0.2, 0.25) is 0 Å². The van der Waals surface area contributed by atoms with Crippen molar-refractivity contribution in [2.75, 3.05) is 4.90 Å². The van der Waals surface area contributed by atoms with Crippen LogP contribution in [0.25, 0.3) is 76.5 Å². The number of hydrogen-bond acceptors (Lipinski definition) is 1. The van der Waals surface area contributed by atoms with Crippen molar-refractivity contribution in [1.29, 1.82) is 0 Å². The maximum absolute atomic E-state index is 2.56. The molecule has 0 heterocycles. The van der Waals surface area contributed by atoms with Crippen molar-refractivity contribution in [2.45, 2.75) is 19.8 Å². The molecule has 0 unspecified atom stereocenters. The Balaban J connectivity index is 1.24. The number of aryl methyl sites for hydroxylation is 1. The number of fused-ring (bicyclic) bond motifs is 8. The van der Waals surface area contributed by atoms with Crippen molar-refractivity contribution in [2.24, 2.45) is 0 Å². The lowest BCUT2D eigenvalue weighted by molar-refractivity contribution is 0.918. The quantitative estimate of drug-likeness (QED) is 0.179. The second-order valence-electron chi connectivity index (χ2n) is 13.2. The summed E-state index contributed by atoms with van der Waals surface area (Å²) in [5, 5.41) is 10.5. The molecule has 1 nitrogen and oxygen atoms in total. The summed E-state index contributed by atoms with van der Waals surface area (Å²) in [6, 6.07) is 51.9. The van der Waals surface area contributed by atoms with Crippen molar-refractivity contribution in [3.8, 4) is 33.4 Å². The Labute approximate surface area is 280 Å². The zero-order valence-electron chi connectivity index (χ0n) is 26.9. The maximum atomic E-state index is 2.56. The van der Waals surface area contributed by atoms with Crippen LogP contribution in [0, 0.1) is 6.92 Å². The van der Waals surface area contributed by atoms with Crippen LogP contribution in [0.2, 0.25) is 0 Å². The molecule has 0 bridgehead atoms. The Morgan fingerprint density at radius 2 is 1.19 bits per heavy atom. The van der Waals surface area contributed by atoms with Gasteiger partial charge in [0.05, 0.1) is 5.69 Å². The predicted octanol–water partition coefficient (Wildman–Crippen LogP) is 13.3. The summed E-state index contributed by atoms with van der Waals surface area (Å²) in [5.41, 5.74) is 12.9. The lowest BCUT2D eigenvalue weighted by Crippen LogP contribution is -2.19. The van der Waals surface area contributed by atoms with Crippen LogP contribution >= 0.6 is 0 Å². The van der Waals surface area contributed by atoms with E-state index in [9.17, 15) is 0 Å². The van der Waals surface area contributed by atoms with Crippen LogP contribution in [0.1, 0.15) is 18.4 Å². The summed E-state index contributed by atoms with van der Waals surface area (Å²) in [4.78, 5) is 2.56. The third kappa shape index (κ3) is 3.91. The summed E-state index contributed by atoms with van der Waals surface area (Å²) in [6.07, 6.45) is 8.84. The minimum Gasteiger partial charge on any atom is -0.313 e. The molecular formula is C47H33N. The molecule has 0 aliphatic heterocycles. The van der Waals surface area contributed by atoms with E-state index in [1.54, 1.807) is 0 Å². The number of hydrogen-bond donors (Lipinski definition) is 0. The molecule has 8 aromatic rings. The maximum Gasteiger partial charge on any atom is 0.0572 e. The van der Waals surface area contributed by atoms with Gasteiger partial charge in [0, 0.05) is 16.8 Å². The van der Waals surface area contributed by atoms with Crippen molar-refractivity contribution < 1.29 is 0 Å². The largest absolute Gasteiger partial charge is 0.313 e. The van der Waals surface area contributed by atoms with Crippen LogP contribution in [0.3, 0.4) is 0 Å². The van der Waals surface area contributed by atoms with Gasteiger partial charge in [-0.15, -0.1) is 0 Å². The number of anilines is 2. The highest BCUT2D eigenvalue weighted by Gasteiger charge is 2.25. The Kier molecular flexibility index (Phi) is 5.98. The van der Waals surface area contributed by atoms with E-state index < -0.39 is 0 Å². The van der Waals surface area contributed by atoms with E-state index in [0.29, 0.717) is 0 Å². The average molecular weight is 612 g/mol. The molecule has 0 spiro atoms. The number of rotatable bonds is 4. The smallest absolute Gasteiger partial charge is 0.0572 e. The first-order valence-corrected chi connectivity index (χ1v) is 17.0. The van der Waals surface area contributed by atoms with Gasteiger partial charge in [0.15, 0.2) is 0 Å². The lowest BCUT2D eigenvalue weighted by Gasteiger charge is -2.32. The van der Waals surface area contributed by atoms with Gasteiger partial charge in [0.1, 0.15) is 0 Å². The molecule has 2 aliphatic carbocycles. The third-order valence-electron chi connectivity index (χ3n) is 10.6. The molecule has 0 saturated heterocycles. The Bertz CT molecular complexity index is 2660. The first-order chi connectivity index (χ1) is 23.8. The first kappa shape index (κ1) is 27.2. The molecule has 10 rings (SSSR count). The zero-order valence-corrected chi connectivity index (χ0v) is 26.9. The van der Waals surface area contributed by atoms with Gasteiger partial charge in [-0.25, -0.2) is 0 Å². The molecule has 2 aliphatic rings. The van der Waals surface area contributed by atoms with Crippen molar-refractivity contribution in [1.82, 2.24) is 0 Å². The van der Waals surface area contributed by atoms with Crippen LogP contribution in [-0.2, 0) is 0 Å². The van der Waals surface area contributed by atoms with Gasteiger partial charge in [-0.05, 0) is 115 Å². The fourth-order valence-electron chi connectivity index (χ4n) is 8.49. The third-order valence-corrected chi connectivity index (χ3v) is 10.6. The fraction of sp³-hybridized carbons (Fsp3) is 0.0638. The highest BCUT2D eigenvalue weighted by molar-refractivity contribution is 6.25. The van der Waals surface area contributed by atoms with Crippen LogP contribution in [0.5, 0.6) is 0 Å². The second kappa shape index (κ2) is 10.6. The minimum atomic E-state index is 0.987. The molecule has 0 atom stereocenters. The van der Waals surface area contributed by atoms with E-state index in [1.807, 2.05) is 0 Å². The van der Waals surface area contributed by atoms with Crippen LogP contribution in [0.15, 0.2) is 163 Å². The number of allylic oxidation sites excluding steroid dienone is 4. The van der Waals surface area contributed by atoms with Gasteiger partial charge in [0.25, 0.3) is 0 Å². The molecule has 48 heavy (non-hydrogen) atoms. The highest BCUT2D eigenvalue weighted by Crippen LogP contribution is 2.50. The van der Waals surface area contributed by atoms with E-state index in [0.717, 1.165) is 12.8 Å². The summed E-state index contributed by atoms with van der Waals surface area (Å²) >= 11 is 0. The molecule has 0 N–H and O–H groups in total. The molecule has 0 amide bonds. The SMILES string of the molecule is Cc1c(N(C2=CC=CCC2)c2cccc(-c3ccc4c5c(cccc35)-c3ccccc3-4)c2)c2ccc3ccccc3c2c2ccccc12. The first-order valence-electron chi connectivity index (χ1n) is 17.0. The van der Waals surface area contributed by atoms with Crippen LogP contribution in [0.4, 0.5) is 11.4 Å². The molecule has 0 fully saturated rings. The molecule has 0 radical (unpaired) electrons. The minimum absolute atomic E-state index is 0.987. The van der Waals surface area contributed by atoms with Gasteiger partial charge in [-0.3, -0.25) is 0 Å². The normalized spacial score (nSPS) is 13.4. The van der Waals surface area contributed by atoms with E-state index in [-0.39, 0.29) is 0 Å². The van der Waals surface area contributed by atoms with E-state index in [2.05, 4.69) is 170 Å². The summed E-state index contributed by atoms with van der Waals surface area (Å²) < 4.78 is 0. The Morgan fingerprint density at radius 3 is 2.02 bits per heavy atom. The van der Waals surface area contributed by atoms with Gasteiger partial charge in [-0.1, -0.05) is 140 Å². The van der Waals surface area contributed by atoms with E-state index in [4.69, 9.17) is 0 Å². The summed E-state index contributed by atoms with van der Waals surface area (Å²) in [5.74, 6) is 0. The number of benzene rings is 8. The Morgan fingerprint density at radius 1 is 0.500 bits per heavy atom. The molecule has 1 heteroatoms. The van der Waals surface area contributed by atoms with Gasteiger partial charge >= 0.3 is 0 Å². The molecule has 0 aromatic heterocycles. The van der Waals surface area contributed by atoms with Gasteiger partial charge < -0.3 is 4.90 Å². The standard InChI is InChI=1S/C47H33N/c1-30-35-18-7-10-22-40(35)45-37-19-6-5-13-31(37)25-26-44(45)47(30)48(33-15-3-2-4-16-33)34-17-11-14-32(29-34)36-27-28-43-39-21-9-8-20-38(39)42-24-12-23-41(36)46(42)43/h2-3,5-15,17-29H,4,16H2,1H3. The number of nitrogens with zero attached hydrogens (tertiary/aromatic N) is 1. The van der Waals surface area contributed by atoms with E-state index in [1.165, 1.54) is 99.1 Å². The molecule has 226 valence electrons. The predicted molar refractivity (Wildman–Crippen MR) is 206 cm³/mol. The van der Waals surface area contributed by atoms with Crippen molar-refractivity contribution in [3.63, 3.8) is 0 Å².